The van der Waals surface area contributed by atoms with E-state index in [4.69, 9.17) is 18.0 Å². The van der Waals surface area contributed by atoms with E-state index >= 15 is 0 Å². The molecule has 0 saturated carbocycles. The van der Waals surface area contributed by atoms with Gasteiger partial charge in [-0.25, -0.2) is 9.18 Å². The highest BCUT2D eigenvalue weighted by atomic mass is 35.5. The third-order valence-corrected chi connectivity index (χ3v) is 4.99. The molecule has 1 aliphatic rings. The fourth-order valence-electron chi connectivity index (χ4n) is 3.35. The first-order valence-corrected chi connectivity index (χ1v) is 9.26. The molecule has 1 saturated heterocycles. The van der Waals surface area contributed by atoms with Crippen molar-refractivity contribution in [3.8, 4) is 12.3 Å². The highest BCUT2D eigenvalue weighted by molar-refractivity contribution is 6.31. The first-order valence-electron chi connectivity index (χ1n) is 8.88. The first kappa shape index (κ1) is 19.2. The van der Waals surface area contributed by atoms with Gasteiger partial charge in [-0.2, -0.15) is 0 Å². The predicted molar refractivity (Wildman–Crippen MR) is 106 cm³/mol. The molecule has 3 rings (SSSR count). The summed E-state index contributed by atoms with van der Waals surface area (Å²) < 4.78 is 14.5. The Kier molecular flexibility index (Phi) is 6.33. The number of hydrogen-bond acceptors (Lipinski definition) is 2. The van der Waals surface area contributed by atoms with Gasteiger partial charge in [-0.1, -0.05) is 29.7 Å². The topological polar surface area (TPSA) is 44.4 Å². The van der Waals surface area contributed by atoms with Crippen LogP contribution < -0.4 is 10.6 Å². The summed E-state index contributed by atoms with van der Waals surface area (Å²) >= 11 is 6.27. The molecule has 0 bridgehead atoms. The smallest absolute Gasteiger partial charge is 0.319 e. The van der Waals surface area contributed by atoms with Gasteiger partial charge in [0.2, 0.25) is 0 Å². The van der Waals surface area contributed by atoms with Crippen molar-refractivity contribution in [2.75, 3.05) is 25.0 Å². The van der Waals surface area contributed by atoms with Crippen LogP contribution in [0.3, 0.4) is 0 Å². The number of benzene rings is 2. The van der Waals surface area contributed by atoms with Gasteiger partial charge in [0.15, 0.2) is 0 Å². The zero-order valence-electron chi connectivity index (χ0n) is 14.8. The van der Waals surface area contributed by atoms with Crippen molar-refractivity contribution in [1.29, 1.82) is 0 Å². The zero-order chi connectivity index (χ0) is 19.2. The molecular formula is C21H21ClFN3O. The maximum atomic E-state index is 14.5. The zero-order valence-corrected chi connectivity index (χ0v) is 15.6. The molecular weight excluding hydrogens is 365 g/mol. The van der Waals surface area contributed by atoms with Crippen molar-refractivity contribution in [1.82, 2.24) is 10.2 Å². The number of nitrogens with one attached hydrogen (secondary N) is 2. The van der Waals surface area contributed by atoms with E-state index in [-0.39, 0.29) is 24.4 Å². The third kappa shape index (κ3) is 4.79. The number of amides is 2. The summed E-state index contributed by atoms with van der Waals surface area (Å²) in [6, 6.07) is 11.0. The maximum Gasteiger partial charge on any atom is 0.319 e. The molecule has 27 heavy (non-hydrogen) atoms. The number of carbonyl (C=O) groups is 1. The number of hydrogen-bond donors (Lipinski definition) is 2. The van der Waals surface area contributed by atoms with Crippen LogP contribution in [0.25, 0.3) is 0 Å². The molecule has 2 amide bonds. The van der Waals surface area contributed by atoms with Crippen molar-refractivity contribution in [3.05, 3.63) is 64.4 Å². The largest absolute Gasteiger partial charge is 0.336 e. The number of terminal acetylenes is 1. The summed E-state index contributed by atoms with van der Waals surface area (Å²) in [6.07, 6.45) is 7.48. The van der Waals surface area contributed by atoms with Crippen LogP contribution in [0.2, 0.25) is 5.02 Å². The van der Waals surface area contributed by atoms with Crippen LogP contribution in [-0.2, 0) is 0 Å². The second-order valence-electron chi connectivity index (χ2n) is 6.45. The molecule has 6 heteroatoms. The summed E-state index contributed by atoms with van der Waals surface area (Å²) in [5.74, 6) is 2.17. The van der Waals surface area contributed by atoms with Crippen LogP contribution in [0.1, 0.15) is 30.0 Å². The number of urea groups is 1. The van der Waals surface area contributed by atoms with E-state index in [2.05, 4.69) is 21.5 Å². The average molecular weight is 386 g/mol. The number of rotatable bonds is 5. The van der Waals surface area contributed by atoms with E-state index in [1.807, 2.05) is 0 Å². The van der Waals surface area contributed by atoms with Gasteiger partial charge in [-0.3, -0.25) is 4.90 Å². The molecule has 1 unspecified atom stereocenters. The molecule has 2 N–H and O–H groups in total. The normalized spacial score (nSPS) is 15.1. The molecule has 1 aliphatic heterocycles. The van der Waals surface area contributed by atoms with Gasteiger partial charge in [0.1, 0.15) is 5.82 Å². The molecule has 0 spiro atoms. The lowest BCUT2D eigenvalue weighted by molar-refractivity contribution is 0.224. The lowest BCUT2D eigenvalue weighted by atomic mass is 10.0. The van der Waals surface area contributed by atoms with Crippen LogP contribution >= 0.6 is 11.6 Å². The van der Waals surface area contributed by atoms with Crippen LogP contribution in [0.15, 0.2) is 42.5 Å². The van der Waals surface area contributed by atoms with Crippen LogP contribution in [0, 0.1) is 18.2 Å². The number of nitrogens with zero attached hydrogens (tertiary/aromatic N) is 1. The minimum atomic E-state index is -0.374. The van der Waals surface area contributed by atoms with Crippen molar-refractivity contribution in [3.63, 3.8) is 0 Å². The Balaban J connectivity index is 1.71. The lowest BCUT2D eigenvalue weighted by Gasteiger charge is -2.29. The second kappa shape index (κ2) is 8.90. The molecule has 1 atom stereocenters. The minimum absolute atomic E-state index is 0.251. The number of carbonyl (C=O) groups excluding carboxylic acids is 1. The summed E-state index contributed by atoms with van der Waals surface area (Å²) in [6.45, 7) is 1.95. The molecule has 1 fully saturated rings. The molecule has 140 valence electrons. The van der Waals surface area contributed by atoms with Gasteiger partial charge in [-0.15, -0.1) is 6.42 Å². The molecule has 0 radical (unpaired) electrons. The Morgan fingerprint density at radius 1 is 1.26 bits per heavy atom. The van der Waals surface area contributed by atoms with E-state index in [1.165, 1.54) is 6.07 Å². The first-order chi connectivity index (χ1) is 13.1. The van der Waals surface area contributed by atoms with Gasteiger partial charge in [-0.05, 0) is 56.3 Å². The van der Waals surface area contributed by atoms with Crippen molar-refractivity contribution in [2.24, 2.45) is 0 Å². The Morgan fingerprint density at radius 2 is 2.00 bits per heavy atom. The van der Waals surface area contributed by atoms with E-state index in [0.29, 0.717) is 21.8 Å². The summed E-state index contributed by atoms with van der Waals surface area (Å²) in [7, 11) is 0. The van der Waals surface area contributed by atoms with E-state index in [0.717, 1.165) is 25.9 Å². The van der Waals surface area contributed by atoms with Crippen LogP contribution in [-0.4, -0.2) is 30.6 Å². The highest BCUT2D eigenvalue weighted by Crippen LogP contribution is 2.31. The van der Waals surface area contributed by atoms with Gasteiger partial charge < -0.3 is 10.6 Å². The van der Waals surface area contributed by atoms with Crippen molar-refractivity contribution in [2.45, 2.75) is 18.9 Å². The van der Waals surface area contributed by atoms with E-state index in [9.17, 15) is 9.18 Å². The molecule has 1 heterocycles. The third-order valence-electron chi connectivity index (χ3n) is 4.66. The molecule has 2 aromatic carbocycles. The average Bonchev–Trinajstić information content (AvgIpc) is 3.18. The SMILES string of the molecule is C#Cc1cccc(NC(=O)NCC(c2c(F)cccc2Cl)N2CCCC2)c1. The van der Waals surface area contributed by atoms with Crippen molar-refractivity contribution >= 4 is 23.3 Å². The lowest BCUT2D eigenvalue weighted by Crippen LogP contribution is -2.39. The second-order valence-corrected chi connectivity index (χ2v) is 6.86. The summed E-state index contributed by atoms with van der Waals surface area (Å²) in [4.78, 5) is 14.5. The fraction of sp³-hybridized carbons (Fsp3) is 0.286. The minimum Gasteiger partial charge on any atom is -0.336 e. The quantitative estimate of drug-likeness (QED) is 0.748. The Morgan fingerprint density at radius 3 is 2.70 bits per heavy atom. The van der Waals surface area contributed by atoms with E-state index in [1.54, 1.807) is 36.4 Å². The van der Waals surface area contributed by atoms with Crippen molar-refractivity contribution < 1.29 is 9.18 Å². The molecule has 4 nitrogen and oxygen atoms in total. The van der Waals surface area contributed by atoms with Gasteiger partial charge in [0, 0.05) is 28.4 Å². The van der Waals surface area contributed by atoms with Crippen LogP contribution in [0.5, 0.6) is 0 Å². The van der Waals surface area contributed by atoms with Gasteiger partial charge in [0.25, 0.3) is 0 Å². The maximum absolute atomic E-state index is 14.5. The van der Waals surface area contributed by atoms with E-state index < -0.39 is 0 Å². The summed E-state index contributed by atoms with van der Waals surface area (Å²) in [5.41, 5.74) is 1.71. The number of halogens is 2. The Labute approximate surface area is 163 Å². The molecule has 0 aliphatic carbocycles. The molecule has 0 aromatic heterocycles. The number of likely N-dealkylation sites (tertiary alicyclic amines) is 1. The Hall–Kier alpha value is -2.55. The highest BCUT2D eigenvalue weighted by Gasteiger charge is 2.28. The standard InChI is InChI=1S/C21H21ClFN3O/c1-2-15-7-5-8-16(13-15)25-21(27)24-14-19(26-11-3-4-12-26)20-17(22)9-6-10-18(20)23/h1,5-10,13,19H,3-4,11-12,14H2,(H2,24,25,27). The summed E-state index contributed by atoms with van der Waals surface area (Å²) in [5, 5.41) is 5.95. The molecule has 2 aromatic rings. The van der Waals surface area contributed by atoms with Crippen LogP contribution in [0.4, 0.5) is 14.9 Å². The van der Waals surface area contributed by atoms with Gasteiger partial charge in [0.05, 0.1) is 6.04 Å². The number of anilines is 1. The monoisotopic (exact) mass is 385 g/mol. The van der Waals surface area contributed by atoms with Gasteiger partial charge >= 0.3 is 6.03 Å². The fourth-order valence-corrected chi connectivity index (χ4v) is 3.64. The predicted octanol–water partition coefficient (Wildman–Crippen LogP) is 4.42. The Bertz CT molecular complexity index is 838.